The molecule has 0 unspecified atom stereocenters. The Hall–Kier alpha value is -2.88. The first kappa shape index (κ1) is 21.4. The number of hydrogen-bond donors (Lipinski definition) is 1. The van der Waals surface area contributed by atoms with E-state index in [9.17, 15) is 18.8 Å². The lowest BCUT2D eigenvalue weighted by atomic mass is 9.93. The van der Waals surface area contributed by atoms with Gasteiger partial charge in [-0.15, -0.1) is 10.2 Å². The third kappa shape index (κ3) is 5.25. The average Bonchev–Trinajstić information content (AvgIpc) is 3.48. The summed E-state index contributed by atoms with van der Waals surface area (Å²) in [6.45, 7) is 2.86. The van der Waals surface area contributed by atoms with Gasteiger partial charge in [0.15, 0.2) is 0 Å². The first-order valence-corrected chi connectivity index (χ1v) is 11.3. The Morgan fingerprint density at radius 1 is 0.968 bits per heavy atom. The predicted octanol–water partition coefficient (Wildman–Crippen LogP) is 2.79. The van der Waals surface area contributed by atoms with Crippen LogP contribution in [0.3, 0.4) is 0 Å². The van der Waals surface area contributed by atoms with Gasteiger partial charge in [-0.25, -0.2) is 4.39 Å². The van der Waals surface area contributed by atoms with Crippen molar-refractivity contribution in [3.63, 3.8) is 0 Å². The first-order valence-electron chi connectivity index (χ1n) is 10.5. The van der Waals surface area contributed by atoms with Crippen LogP contribution in [-0.4, -0.2) is 63.9 Å². The summed E-state index contributed by atoms with van der Waals surface area (Å²) in [7, 11) is 0. The Labute approximate surface area is 183 Å². The fourth-order valence-electron chi connectivity index (χ4n) is 3.94. The normalized spacial score (nSPS) is 17.1. The molecule has 2 saturated heterocycles. The molecule has 2 fully saturated rings. The molecule has 31 heavy (non-hydrogen) atoms. The summed E-state index contributed by atoms with van der Waals surface area (Å²) in [4.78, 5) is 41.0. The van der Waals surface area contributed by atoms with E-state index >= 15 is 0 Å². The maximum absolute atomic E-state index is 13.0. The summed E-state index contributed by atoms with van der Waals surface area (Å²) in [5.41, 5.74) is 0.431. The highest BCUT2D eigenvalue weighted by atomic mass is 32.1. The molecule has 8 nitrogen and oxygen atoms in total. The minimum absolute atomic E-state index is 0.0683. The Morgan fingerprint density at radius 3 is 2.29 bits per heavy atom. The molecule has 4 rings (SSSR count). The number of aromatic nitrogens is 2. The molecule has 2 aliphatic rings. The number of hydrogen-bond acceptors (Lipinski definition) is 6. The van der Waals surface area contributed by atoms with Crippen LogP contribution in [0.2, 0.25) is 0 Å². The third-order valence-electron chi connectivity index (χ3n) is 5.73. The number of amides is 3. The van der Waals surface area contributed by atoms with Gasteiger partial charge in [0.1, 0.15) is 5.82 Å². The van der Waals surface area contributed by atoms with E-state index in [1.54, 1.807) is 4.90 Å². The SMILES string of the molecule is O=C(Nc1ccc(F)cc1)c1nnc(C(=O)N2CCC(CC(=O)N3CCCC3)CC2)s1. The van der Waals surface area contributed by atoms with Gasteiger partial charge in [0.05, 0.1) is 0 Å². The number of halogens is 1. The quantitative estimate of drug-likeness (QED) is 0.764. The summed E-state index contributed by atoms with van der Waals surface area (Å²) >= 11 is 0.933. The van der Waals surface area contributed by atoms with Gasteiger partial charge in [-0.3, -0.25) is 14.4 Å². The number of carbonyl (C=O) groups excluding carboxylic acids is 3. The lowest BCUT2D eigenvalue weighted by Crippen LogP contribution is -2.40. The van der Waals surface area contributed by atoms with Crippen LogP contribution >= 0.6 is 11.3 Å². The van der Waals surface area contributed by atoms with Crippen molar-refractivity contribution in [1.29, 1.82) is 0 Å². The Kier molecular flexibility index (Phi) is 6.55. The van der Waals surface area contributed by atoms with Crippen molar-refractivity contribution in [1.82, 2.24) is 20.0 Å². The van der Waals surface area contributed by atoms with Gasteiger partial charge in [0, 0.05) is 38.3 Å². The van der Waals surface area contributed by atoms with Crippen molar-refractivity contribution in [2.45, 2.75) is 32.1 Å². The number of likely N-dealkylation sites (tertiary alicyclic amines) is 2. The second kappa shape index (κ2) is 9.51. The van der Waals surface area contributed by atoms with E-state index in [4.69, 9.17) is 0 Å². The summed E-state index contributed by atoms with van der Waals surface area (Å²) in [6.07, 6.45) is 4.29. The molecule has 0 bridgehead atoms. The fourth-order valence-corrected chi connectivity index (χ4v) is 4.64. The van der Waals surface area contributed by atoms with Crippen molar-refractivity contribution < 1.29 is 18.8 Å². The lowest BCUT2D eigenvalue weighted by Gasteiger charge is -2.31. The molecule has 10 heteroatoms. The number of carbonyl (C=O) groups is 3. The summed E-state index contributed by atoms with van der Waals surface area (Å²) < 4.78 is 13.0. The van der Waals surface area contributed by atoms with E-state index in [0.29, 0.717) is 31.1 Å². The summed E-state index contributed by atoms with van der Waals surface area (Å²) in [6, 6.07) is 5.37. The van der Waals surface area contributed by atoms with Crippen molar-refractivity contribution in [2.75, 3.05) is 31.5 Å². The van der Waals surface area contributed by atoms with E-state index in [0.717, 1.165) is 50.1 Å². The zero-order chi connectivity index (χ0) is 21.8. The van der Waals surface area contributed by atoms with Gasteiger partial charge >= 0.3 is 0 Å². The van der Waals surface area contributed by atoms with Crippen LogP contribution in [0.5, 0.6) is 0 Å². The molecule has 0 spiro atoms. The van der Waals surface area contributed by atoms with E-state index in [1.165, 1.54) is 24.3 Å². The highest BCUT2D eigenvalue weighted by Crippen LogP contribution is 2.24. The molecule has 164 valence electrons. The van der Waals surface area contributed by atoms with Crippen LogP contribution in [0.1, 0.15) is 51.7 Å². The standard InChI is InChI=1S/C21H24FN5O3S/c22-15-3-5-16(6-4-15)23-18(29)19-24-25-20(31-19)21(30)27-11-7-14(8-12-27)13-17(28)26-9-1-2-10-26/h3-6,14H,1-2,7-13H2,(H,23,29). The molecule has 3 heterocycles. The van der Waals surface area contributed by atoms with Crippen LogP contribution in [0.15, 0.2) is 24.3 Å². The molecule has 1 N–H and O–H groups in total. The zero-order valence-corrected chi connectivity index (χ0v) is 17.9. The van der Waals surface area contributed by atoms with Gasteiger partial charge in [-0.05, 0) is 55.9 Å². The first-order chi connectivity index (χ1) is 15.0. The molecule has 1 aromatic heterocycles. The Balaban J connectivity index is 1.28. The highest BCUT2D eigenvalue weighted by Gasteiger charge is 2.29. The van der Waals surface area contributed by atoms with Gasteiger partial charge in [-0.1, -0.05) is 11.3 Å². The number of rotatable bonds is 5. The molecule has 0 radical (unpaired) electrons. The second-order valence-electron chi connectivity index (χ2n) is 7.90. The predicted molar refractivity (Wildman–Crippen MR) is 113 cm³/mol. The number of anilines is 1. The van der Waals surface area contributed by atoms with Gasteiger partial charge in [-0.2, -0.15) is 0 Å². The van der Waals surface area contributed by atoms with Crippen LogP contribution in [-0.2, 0) is 4.79 Å². The molecule has 3 amide bonds. The largest absolute Gasteiger partial charge is 0.343 e. The van der Waals surface area contributed by atoms with Crippen molar-refractivity contribution in [3.8, 4) is 0 Å². The molecule has 1 aromatic carbocycles. The molecular weight excluding hydrogens is 421 g/mol. The second-order valence-corrected chi connectivity index (χ2v) is 8.88. The van der Waals surface area contributed by atoms with Crippen molar-refractivity contribution in [3.05, 3.63) is 40.1 Å². The zero-order valence-electron chi connectivity index (χ0n) is 17.1. The van der Waals surface area contributed by atoms with Gasteiger partial charge < -0.3 is 15.1 Å². The van der Waals surface area contributed by atoms with E-state index in [-0.39, 0.29) is 21.8 Å². The van der Waals surface area contributed by atoms with Gasteiger partial charge in [0.25, 0.3) is 11.8 Å². The van der Waals surface area contributed by atoms with E-state index in [2.05, 4.69) is 15.5 Å². The third-order valence-corrected chi connectivity index (χ3v) is 6.64. The van der Waals surface area contributed by atoms with E-state index < -0.39 is 11.7 Å². The molecule has 0 saturated carbocycles. The van der Waals surface area contributed by atoms with Crippen LogP contribution < -0.4 is 5.32 Å². The summed E-state index contributed by atoms with van der Waals surface area (Å²) in [5, 5.41) is 10.5. The number of nitrogens with one attached hydrogen (secondary N) is 1. The Morgan fingerprint density at radius 2 is 1.61 bits per heavy atom. The number of piperidine rings is 1. The summed E-state index contributed by atoms with van der Waals surface area (Å²) in [5.74, 6) is -0.622. The lowest BCUT2D eigenvalue weighted by molar-refractivity contribution is -0.131. The minimum Gasteiger partial charge on any atom is -0.343 e. The minimum atomic E-state index is -0.498. The Bertz CT molecular complexity index is 950. The molecule has 2 aliphatic heterocycles. The average molecular weight is 446 g/mol. The monoisotopic (exact) mass is 445 g/mol. The maximum Gasteiger partial charge on any atom is 0.286 e. The molecular formula is C21H24FN5O3S. The van der Waals surface area contributed by atoms with Crippen LogP contribution in [0, 0.1) is 11.7 Å². The molecule has 2 aromatic rings. The van der Waals surface area contributed by atoms with E-state index in [1.807, 2.05) is 4.90 Å². The van der Waals surface area contributed by atoms with Crippen molar-refractivity contribution in [2.24, 2.45) is 5.92 Å². The molecule has 0 atom stereocenters. The van der Waals surface area contributed by atoms with Crippen LogP contribution in [0.25, 0.3) is 0 Å². The smallest absolute Gasteiger partial charge is 0.286 e. The highest BCUT2D eigenvalue weighted by molar-refractivity contribution is 7.15. The van der Waals surface area contributed by atoms with Crippen LogP contribution in [0.4, 0.5) is 10.1 Å². The topological polar surface area (TPSA) is 95.5 Å². The van der Waals surface area contributed by atoms with Crippen molar-refractivity contribution >= 4 is 34.7 Å². The molecule has 0 aliphatic carbocycles. The number of benzene rings is 1. The maximum atomic E-state index is 13.0. The number of nitrogens with zero attached hydrogens (tertiary/aromatic N) is 4. The van der Waals surface area contributed by atoms with Gasteiger partial charge in [0.2, 0.25) is 15.9 Å². The fraction of sp³-hybridized carbons (Fsp3) is 0.476.